The van der Waals surface area contributed by atoms with Crippen LogP contribution < -0.4 is 9.47 Å². The first-order valence-electron chi connectivity index (χ1n) is 12.0. The summed E-state index contributed by atoms with van der Waals surface area (Å²) in [4.78, 5) is 11.6. The van der Waals surface area contributed by atoms with Crippen molar-refractivity contribution in [2.24, 2.45) is 5.92 Å². The number of esters is 1. The van der Waals surface area contributed by atoms with Crippen molar-refractivity contribution in [2.45, 2.75) is 45.1 Å². The molecule has 0 saturated carbocycles. The fourth-order valence-electron chi connectivity index (χ4n) is 4.47. The van der Waals surface area contributed by atoms with Crippen LogP contribution in [-0.4, -0.2) is 32.4 Å². The molecule has 1 N–H and O–H groups in total. The number of carbonyl (C=O) groups is 1. The van der Waals surface area contributed by atoms with Gasteiger partial charge in [-0.2, -0.15) is 0 Å². The van der Waals surface area contributed by atoms with Crippen molar-refractivity contribution in [1.82, 2.24) is 0 Å². The number of aliphatic hydroxyl groups excluding tert-OH is 1. The van der Waals surface area contributed by atoms with E-state index in [0.717, 1.165) is 41.5 Å². The normalized spacial score (nSPS) is 12.6. The Balaban J connectivity index is 1.81. The van der Waals surface area contributed by atoms with Crippen LogP contribution in [0.2, 0.25) is 0 Å². The second-order valence-electron chi connectivity index (χ2n) is 8.91. The number of hydrogen-bond donors (Lipinski definition) is 1. The van der Waals surface area contributed by atoms with Crippen LogP contribution in [0.15, 0.2) is 66.7 Å². The fourth-order valence-corrected chi connectivity index (χ4v) is 4.47. The van der Waals surface area contributed by atoms with E-state index in [-0.39, 0.29) is 18.3 Å². The van der Waals surface area contributed by atoms with Gasteiger partial charge in [-0.3, -0.25) is 4.79 Å². The molecule has 0 aliphatic rings. The van der Waals surface area contributed by atoms with Gasteiger partial charge >= 0.3 is 5.97 Å². The molecule has 0 aliphatic heterocycles. The van der Waals surface area contributed by atoms with E-state index in [1.807, 2.05) is 49.4 Å². The summed E-state index contributed by atoms with van der Waals surface area (Å²) in [5.41, 5.74) is 5.03. The summed E-state index contributed by atoms with van der Waals surface area (Å²) in [5, 5.41) is 11.5. The van der Waals surface area contributed by atoms with E-state index < -0.39 is 6.10 Å². The molecule has 3 aromatic rings. The quantitative estimate of drug-likeness (QED) is 0.343. The van der Waals surface area contributed by atoms with Crippen LogP contribution >= 0.6 is 0 Å². The van der Waals surface area contributed by atoms with Gasteiger partial charge in [-0.15, -0.1) is 0 Å². The standard InChI is InChI=1S/C30H36O5/c1-21-27(33-2)19-26(20-28(21)34-3)30(32)25(12-8-11-22-9-6-5-7-10-22)17-23-13-15-24(16-14-23)18-29(31)35-4/h5-7,9-10,13-16,19-20,25,30,32H,8,11-12,17-18H2,1-4H3/t25-,30+/m0/s1. The minimum atomic E-state index is -0.677. The van der Waals surface area contributed by atoms with Crippen molar-refractivity contribution in [3.8, 4) is 11.5 Å². The third-order valence-electron chi connectivity index (χ3n) is 6.54. The van der Waals surface area contributed by atoms with Gasteiger partial charge in [-0.1, -0.05) is 54.6 Å². The Morgan fingerprint density at radius 3 is 2.03 bits per heavy atom. The Kier molecular flexibility index (Phi) is 9.74. The zero-order chi connectivity index (χ0) is 25.2. The van der Waals surface area contributed by atoms with Crippen molar-refractivity contribution in [3.05, 3.63) is 94.5 Å². The molecule has 0 bridgehead atoms. The molecule has 5 heteroatoms. The van der Waals surface area contributed by atoms with Gasteiger partial charge in [-0.05, 0) is 72.9 Å². The molecule has 0 aliphatic carbocycles. The average Bonchev–Trinajstić information content (AvgIpc) is 2.89. The zero-order valence-electron chi connectivity index (χ0n) is 21.1. The predicted molar refractivity (Wildman–Crippen MR) is 138 cm³/mol. The van der Waals surface area contributed by atoms with Gasteiger partial charge in [0.1, 0.15) is 11.5 Å². The first-order chi connectivity index (χ1) is 16.9. The zero-order valence-corrected chi connectivity index (χ0v) is 21.1. The molecule has 0 amide bonds. The number of aryl methyl sites for hydroxylation is 1. The van der Waals surface area contributed by atoms with Crippen LogP contribution in [0.4, 0.5) is 0 Å². The molecule has 3 rings (SSSR count). The van der Waals surface area contributed by atoms with Crippen molar-refractivity contribution < 1.29 is 24.1 Å². The third-order valence-corrected chi connectivity index (χ3v) is 6.54. The summed E-state index contributed by atoms with van der Waals surface area (Å²) in [7, 11) is 4.66. The highest BCUT2D eigenvalue weighted by Crippen LogP contribution is 2.36. The Morgan fingerprint density at radius 1 is 0.857 bits per heavy atom. The van der Waals surface area contributed by atoms with E-state index in [2.05, 4.69) is 24.3 Å². The third kappa shape index (κ3) is 7.33. The number of benzene rings is 3. The van der Waals surface area contributed by atoms with Gasteiger partial charge in [-0.25, -0.2) is 0 Å². The average molecular weight is 477 g/mol. The van der Waals surface area contributed by atoms with E-state index in [9.17, 15) is 9.90 Å². The molecular weight excluding hydrogens is 440 g/mol. The molecule has 0 fully saturated rings. The van der Waals surface area contributed by atoms with Gasteiger partial charge in [0.15, 0.2) is 0 Å². The molecule has 0 radical (unpaired) electrons. The molecule has 3 aromatic carbocycles. The van der Waals surface area contributed by atoms with Gasteiger partial charge < -0.3 is 19.3 Å². The van der Waals surface area contributed by atoms with Crippen LogP contribution in [0, 0.1) is 12.8 Å². The first-order valence-corrected chi connectivity index (χ1v) is 12.0. The SMILES string of the molecule is COC(=O)Cc1ccc(C[C@H](CCCc2ccccc2)[C@@H](O)c2cc(OC)c(C)c(OC)c2)cc1. The number of aliphatic hydroxyl groups is 1. The number of methoxy groups -OCH3 is 3. The highest BCUT2D eigenvalue weighted by Gasteiger charge is 2.24. The van der Waals surface area contributed by atoms with Crippen LogP contribution in [-0.2, 0) is 28.8 Å². The van der Waals surface area contributed by atoms with Gasteiger partial charge in [0.2, 0.25) is 0 Å². The van der Waals surface area contributed by atoms with Gasteiger partial charge in [0, 0.05) is 5.56 Å². The monoisotopic (exact) mass is 476 g/mol. The lowest BCUT2D eigenvalue weighted by Gasteiger charge is -2.25. The van der Waals surface area contributed by atoms with Crippen molar-refractivity contribution in [3.63, 3.8) is 0 Å². The number of hydrogen-bond acceptors (Lipinski definition) is 5. The maximum absolute atomic E-state index is 11.6. The highest BCUT2D eigenvalue weighted by atomic mass is 16.5. The molecule has 186 valence electrons. The largest absolute Gasteiger partial charge is 0.496 e. The molecular formula is C30H36O5. The Hall–Kier alpha value is -3.31. The number of ether oxygens (including phenoxy) is 3. The second kappa shape index (κ2) is 13.0. The van der Waals surface area contributed by atoms with Crippen molar-refractivity contribution in [2.75, 3.05) is 21.3 Å². The summed E-state index contributed by atoms with van der Waals surface area (Å²) in [5.74, 6) is 1.15. The smallest absolute Gasteiger partial charge is 0.309 e. The Morgan fingerprint density at radius 2 is 1.46 bits per heavy atom. The van der Waals surface area contributed by atoms with E-state index in [1.165, 1.54) is 12.7 Å². The molecule has 0 unspecified atom stereocenters. The number of carbonyl (C=O) groups excluding carboxylic acids is 1. The van der Waals surface area contributed by atoms with E-state index in [0.29, 0.717) is 17.9 Å². The molecule has 0 aromatic heterocycles. The van der Waals surface area contributed by atoms with E-state index in [1.54, 1.807) is 14.2 Å². The van der Waals surface area contributed by atoms with Crippen LogP contribution in [0.1, 0.15) is 46.8 Å². The molecule has 0 saturated heterocycles. The van der Waals surface area contributed by atoms with Gasteiger partial charge in [0.05, 0.1) is 33.9 Å². The fraction of sp³-hybridized carbons (Fsp3) is 0.367. The Labute approximate surface area is 208 Å². The summed E-state index contributed by atoms with van der Waals surface area (Å²) < 4.78 is 15.8. The second-order valence-corrected chi connectivity index (χ2v) is 8.91. The molecule has 2 atom stereocenters. The summed E-state index contributed by atoms with van der Waals surface area (Å²) in [6.45, 7) is 1.95. The van der Waals surface area contributed by atoms with Crippen LogP contribution in [0.3, 0.4) is 0 Å². The lowest BCUT2D eigenvalue weighted by molar-refractivity contribution is -0.139. The minimum absolute atomic E-state index is 0.00212. The van der Waals surface area contributed by atoms with Crippen LogP contribution in [0.5, 0.6) is 11.5 Å². The molecule has 0 spiro atoms. The van der Waals surface area contributed by atoms with Gasteiger partial charge in [0.25, 0.3) is 0 Å². The predicted octanol–water partition coefficient (Wildman–Crippen LogP) is 5.64. The van der Waals surface area contributed by atoms with Crippen molar-refractivity contribution >= 4 is 5.97 Å². The van der Waals surface area contributed by atoms with Crippen molar-refractivity contribution in [1.29, 1.82) is 0 Å². The summed E-state index contributed by atoms with van der Waals surface area (Å²) >= 11 is 0. The number of rotatable bonds is 12. The Bertz CT molecular complexity index is 1050. The maximum atomic E-state index is 11.6. The molecule has 5 nitrogen and oxygen atoms in total. The lowest BCUT2D eigenvalue weighted by Crippen LogP contribution is -2.17. The minimum Gasteiger partial charge on any atom is -0.496 e. The molecule has 35 heavy (non-hydrogen) atoms. The van der Waals surface area contributed by atoms with Crippen LogP contribution in [0.25, 0.3) is 0 Å². The molecule has 0 heterocycles. The summed E-state index contributed by atoms with van der Waals surface area (Å²) in [6.07, 6.45) is 3.08. The first kappa shape index (κ1) is 26.3. The van der Waals surface area contributed by atoms with E-state index in [4.69, 9.17) is 14.2 Å². The lowest BCUT2D eigenvalue weighted by atomic mass is 9.85. The topological polar surface area (TPSA) is 65.0 Å². The summed E-state index contributed by atoms with van der Waals surface area (Å²) in [6, 6.07) is 22.2. The van der Waals surface area contributed by atoms with E-state index >= 15 is 0 Å². The highest BCUT2D eigenvalue weighted by molar-refractivity contribution is 5.72. The maximum Gasteiger partial charge on any atom is 0.309 e.